The molecule has 0 atom stereocenters. The fourth-order valence-corrected chi connectivity index (χ4v) is 3.42. The number of nitrogens with zero attached hydrogens (tertiary/aromatic N) is 2. The number of hydrogen-bond acceptors (Lipinski definition) is 4. The number of phenolic OH excluding ortho intramolecular Hbond substituents is 2. The van der Waals surface area contributed by atoms with Crippen molar-refractivity contribution >= 4 is 21.8 Å². The van der Waals surface area contributed by atoms with Crippen LogP contribution in [-0.4, -0.2) is 20.2 Å². The van der Waals surface area contributed by atoms with Crippen molar-refractivity contribution in [3.63, 3.8) is 0 Å². The Morgan fingerprint density at radius 2 is 1.20 bits per heavy atom. The molecule has 4 heteroatoms. The van der Waals surface area contributed by atoms with Crippen LogP contribution in [0.2, 0.25) is 0 Å². The van der Waals surface area contributed by atoms with Crippen molar-refractivity contribution in [2.75, 3.05) is 0 Å². The number of benzene rings is 2. The fraction of sp³-hybridized carbons (Fsp3) is 0.143. The number of aryl methyl sites for hydroxylation is 2. The predicted molar refractivity (Wildman–Crippen MR) is 99.1 cm³/mol. The Balaban J connectivity index is 1.89. The Bertz CT molecular complexity index is 1030. The summed E-state index contributed by atoms with van der Waals surface area (Å²) in [5.41, 5.74) is 4.76. The van der Waals surface area contributed by atoms with Gasteiger partial charge in [-0.1, -0.05) is 24.3 Å². The molecule has 2 heterocycles. The van der Waals surface area contributed by atoms with Crippen molar-refractivity contribution in [1.82, 2.24) is 9.97 Å². The number of fused-ring (bicyclic) bond motifs is 2. The van der Waals surface area contributed by atoms with Gasteiger partial charge in [0, 0.05) is 40.7 Å². The van der Waals surface area contributed by atoms with Crippen molar-refractivity contribution in [1.29, 1.82) is 0 Å². The lowest BCUT2D eigenvalue weighted by Crippen LogP contribution is -1.96. The highest BCUT2D eigenvalue weighted by Crippen LogP contribution is 2.35. The van der Waals surface area contributed by atoms with Crippen LogP contribution in [0, 0.1) is 13.8 Å². The van der Waals surface area contributed by atoms with E-state index in [-0.39, 0.29) is 11.5 Å². The molecule has 4 rings (SSSR count). The maximum atomic E-state index is 10.6. The Morgan fingerprint density at radius 3 is 1.64 bits per heavy atom. The third-order valence-electron chi connectivity index (χ3n) is 4.68. The Kier molecular flexibility index (Phi) is 3.53. The summed E-state index contributed by atoms with van der Waals surface area (Å²) in [6.45, 7) is 4.00. The predicted octanol–water partition coefficient (Wildman–Crippen LogP) is 4.40. The van der Waals surface area contributed by atoms with E-state index in [9.17, 15) is 10.2 Å². The minimum Gasteiger partial charge on any atom is -0.505 e. The standard InChI is InChI=1S/C21H18N2O2/c1-12-9-14(20(24)18-16(12)5-3-7-22-18)11-15-10-13(2)17-6-4-8-23-19(17)21(15)25/h3-10,24-25H,11H2,1-2H3. The first-order chi connectivity index (χ1) is 12.1. The van der Waals surface area contributed by atoms with Crippen molar-refractivity contribution < 1.29 is 10.2 Å². The van der Waals surface area contributed by atoms with E-state index in [2.05, 4.69) is 9.97 Å². The van der Waals surface area contributed by atoms with Gasteiger partial charge >= 0.3 is 0 Å². The van der Waals surface area contributed by atoms with Gasteiger partial charge in [-0.3, -0.25) is 9.97 Å². The smallest absolute Gasteiger partial charge is 0.145 e. The van der Waals surface area contributed by atoms with Crippen molar-refractivity contribution in [3.05, 3.63) is 71.0 Å². The van der Waals surface area contributed by atoms with Crippen LogP contribution in [0.15, 0.2) is 48.8 Å². The second-order valence-corrected chi connectivity index (χ2v) is 6.38. The van der Waals surface area contributed by atoms with E-state index in [1.165, 1.54) is 0 Å². The lowest BCUT2D eigenvalue weighted by Gasteiger charge is -2.13. The van der Waals surface area contributed by atoms with E-state index in [1.807, 2.05) is 50.2 Å². The summed E-state index contributed by atoms with van der Waals surface area (Å²) in [6, 6.07) is 11.5. The molecule has 0 bridgehead atoms. The quantitative estimate of drug-likeness (QED) is 0.571. The zero-order valence-electron chi connectivity index (χ0n) is 14.1. The molecule has 0 unspecified atom stereocenters. The second kappa shape index (κ2) is 5.74. The summed E-state index contributed by atoms with van der Waals surface area (Å²) < 4.78 is 0. The minimum atomic E-state index is 0.166. The molecule has 2 N–H and O–H groups in total. The third kappa shape index (κ3) is 2.47. The van der Waals surface area contributed by atoms with Gasteiger partial charge in [-0.05, 0) is 37.1 Å². The van der Waals surface area contributed by atoms with E-state index < -0.39 is 0 Å². The molecule has 0 aliphatic rings. The molecular formula is C21H18N2O2. The molecule has 0 spiro atoms. The molecule has 0 fully saturated rings. The summed E-state index contributed by atoms with van der Waals surface area (Å²) >= 11 is 0. The Labute approximate surface area is 145 Å². The molecule has 0 aliphatic carbocycles. The van der Waals surface area contributed by atoms with Crippen LogP contribution in [-0.2, 0) is 6.42 Å². The van der Waals surface area contributed by atoms with Gasteiger partial charge < -0.3 is 10.2 Å². The zero-order valence-corrected chi connectivity index (χ0v) is 14.1. The molecule has 124 valence electrons. The number of hydrogen-bond donors (Lipinski definition) is 2. The van der Waals surface area contributed by atoms with Gasteiger partial charge in [0.25, 0.3) is 0 Å². The molecule has 25 heavy (non-hydrogen) atoms. The van der Waals surface area contributed by atoms with E-state index >= 15 is 0 Å². The Hall–Kier alpha value is -3.14. The van der Waals surface area contributed by atoms with Crippen LogP contribution in [0.5, 0.6) is 11.5 Å². The molecule has 4 aromatic rings. The average Bonchev–Trinajstić information content (AvgIpc) is 2.64. The lowest BCUT2D eigenvalue weighted by molar-refractivity contribution is 0.468. The molecule has 0 radical (unpaired) electrons. The van der Waals surface area contributed by atoms with Gasteiger partial charge in [0.05, 0.1) is 0 Å². The van der Waals surface area contributed by atoms with Crippen LogP contribution in [0.3, 0.4) is 0 Å². The molecule has 4 nitrogen and oxygen atoms in total. The number of phenols is 2. The third-order valence-corrected chi connectivity index (χ3v) is 4.68. The molecule has 0 saturated carbocycles. The van der Waals surface area contributed by atoms with Crippen LogP contribution in [0.25, 0.3) is 21.8 Å². The van der Waals surface area contributed by atoms with E-state index in [4.69, 9.17) is 0 Å². The maximum absolute atomic E-state index is 10.6. The first-order valence-corrected chi connectivity index (χ1v) is 8.18. The number of pyridine rings is 2. The van der Waals surface area contributed by atoms with Crippen molar-refractivity contribution in [3.8, 4) is 11.5 Å². The lowest BCUT2D eigenvalue weighted by atomic mass is 9.95. The topological polar surface area (TPSA) is 66.2 Å². The van der Waals surface area contributed by atoms with Crippen LogP contribution in [0.4, 0.5) is 0 Å². The molecule has 0 amide bonds. The SMILES string of the molecule is Cc1cc(Cc2cc(C)c3cccnc3c2O)c(O)c2ncccc12. The summed E-state index contributed by atoms with van der Waals surface area (Å²) in [4.78, 5) is 8.62. The van der Waals surface area contributed by atoms with Gasteiger partial charge in [0.1, 0.15) is 22.5 Å². The first-order valence-electron chi connectivity index (χ1n) is 8.18. The summed E-state index contributed by atoms with van der Waals surface area (Å²) in [5.74, 6) is 0.332. The molecule has 2 aromatic heterocycles. The molecule has 0 aliphatic heterocycles. The van der Waals surface area contributed by atoms with Gasteiger partial charge in [0.15, 0.2) is 0 Å². The van der Waals surface area contributed by atoms with Gasteiger partial charge in [0.2, 0.25) is 0 Å². The maximum Gasteiger partial charge on any atom is 0.145 e. The largest absolute Gasteiger partial charge is 0.505 e. The van der Waals surface area contributed by atoms with E-state index in [0.29, 0.717) is 17.5 Å². The highest BCUT2D eigenvalue weighted by Gasteiger charge is 2.15. The van der Waals surface area contributed by atoms with Crippen LogP contribution in [0.1, 0.15) is 22.3 Å². The first kappa shape index (κ1) is 15.4. The average molecular weight is 330 g/mol. The van der Waals surface area contributed by atoms with Crippen molar-refractivity contribution in [2.24, 2.45) is 0 Å². The summed E-state index contributed by atoms with van der Waals surface area (Å²) in [6.07, 6.45) is 3.76. The normalized spacial score (nSPS) is 11.3. The minimum absolute atomic E-state index is 0.166. The van der Waals surface area contributed by atoms with Gasteiger partial charge in [-0.25, -0.2) is 0 Å². The molecular weight excluding hydrogens is 312 g/mol. The summed E-state index contributed by atoms with van der Waals surface area (Å²) in [5, 5.41) is 23.2. The highest BCUT2D eigenvalue weighted by molar-refractivity contribution is 5.90. The number of aromatic nitrogens is 2. The molecule has 2 aromatic carbocycles. The molecule has 0 saturated heterocycles. The number of aromatic hydroxyl groups is 2. The number of rotatable bonds is 2. The zero-order chi connectivity index (χ0) is 17.6. The van der Waals surface area contributed by atoms with Crippen LogP contribution >= 0.6 is 0 Å². The fourth-order valence-electron chi connectivity index (χ4n) is 3.42. The monoisotopic (exact) mass is 330 g/mol. The Morgan fingerprint density at radius 1 is 0.760 bits per heavy atom. The van der Waals surface area contributed by atoms with E-state index in [0.717, 1.165) is 33.0 Å². The van der Waals surface area contributed by atoms with E-state index in [1.54, 1.807) is 12.4 Å². The highest BCUT2D eigenvalue weighted by atomic mass is 16.3. The second-order valence-electron chi connectivity index (χ2n) is 6.38. The van der Waals surface area contributed by atoms with Gasteiger partial charge in [-0.2, -0.15) is 0 Å². The summed E-state index contributed by atoms with van der Waals surface area (Å²) in [7, 11) is 0. The van der Waals surface area contributed by atoms with Gasteiger partial charge in [-0.15, -0.1) is 0 Å². The van der Waals surface area contributed by atoms with Crippen molar-refractivity contribution in [2.45, 2.75) is 20.3 Å². The van der Waals surface area contributed by atoms with Crippen LogP contribution < -0.4 is 0 Å².